The van der Waals surface area contributed by atoms with Gasteiger partial charge in [0.05, 0.1) is 5.69 Å². The van der Waals surface area contributed by atoms with Crippen LogP contribution >= 0.6 is 11.3 Å². The maximum Gasteiger partial charge on any atom is 0.0641 e. The predicted octanol–water partition coefficient (Wildman–Crippen LogP) is 2.95. The molecule has 0 amide bonds. The fourth-order valence-corrected chi connectivity index (χ4v) is 3.16. The van der Waals surface area contributed by atoms with Gasteiger partial charge in [0, 0.05) is 36.3 Å². The molecule has 0 aliphatic heterocycles. The Labute approximate surface area is 113 Å². The van der Waals surface area contributed by atoms with E-state index in [0.29, 0.717) is 0 Å². The molecule has 0 aromatic carbocycles. The second-order valence-corrected chi connectivity index (χ2v) is 5.60. The molecule has 0 aliphatic rings. The monoisotopic (exact) mass is 263 g/mol. The van der Waals surface area contributed by atoms with Crippen LogP contribution in [-0.4, -0.2) is 9.78 Å². The van der Waals surface area contributed by atoms with Crippen LogP contribution in [0.15, 0.2) is 11.4 Å². The van der Waals surface area contributed by atoms with Gasteiger partial charge in [-0.2, -0.15) is 5.10 Å². The normalized spacial score (nSPS) is 11.1. The molecule has 0 saturated carbocycles. The van der Waals surface area contributed by atoms with E-state index in [0.717, 1.165) is 25.2 Å². The van der Waals surface area contributed by atoms with Gasteiger partial charge in [-0.3, -0.25) is 4.68 Å². The highest BCUT2D eigenvalue weighted by molar-refractivity contribution is 7.10. The SMILES string of the molecule is CCc1ccsc1CNCc1c(C)nn(C)c1C. The summed E-state index contributed by atoms with van der Waals surface area (Å²) in [6, 6.07) is 2.22. The van der Waals surface area contributed by atoms with Crippen molar-refractivity contribution in [1.82, 2.24) is 15.1 Å². The van der Waals surface area contributed by atoms with Crippen LogP contribution in [0.25, 0.3) is 0 Å². The summed E-state index contributed by atoms with van der Waals surface area (Å²) in [5.74, 6) is 0. The van der Waals surface area contributed by atoms with E-state index >= 15 is 0 Å². The van der Waals surface area contributed by atoms with Crippen LogP contribution in [0.2, 0.25) is 0 Å². The summed E-state index contributed by atoms with van der Waals surface area (Å²) in [6.07, 6.45) is 1.12. The second kappa shape index (κ2) is 5.67. The van der Waals surface area contributed by atoms with Gasteiger partial charge in [-0.05, 0) is 37.3 Å². The van der Waals surface area contributed by atoms with Crippen LogP contribution in [0.1, 0.15) is 34.3 Å². The minimum absolute atomic E-state index is 0.895. The molecule has 0 saturated heterocycles. The minimum Gasteiger partial charge on any atom is -0.308 e. The van der Waals surface area contributed by atoms with E-state index in [4.69, 9.17) is 0 Å². The van der Waals surface area contributed by atoms with Gasteiger partial charge in [0.2, 0.25) is 0 Å². The zero-order valence-electron chi connectivity index (χ0n) is 11.6. The van der Waals surface area contributed by atoms with E-state index in [1.807, 2.05) is 23.1 Å². The Morgan fingerprint density at radius 1 is 1.33 bits per heavy atom. The Hall–Kier alpha value is -1.13. The second-order valence-electron chi connectivity index (χ2n) is 4.60. The van der Waals surface area contributed by atoms with E-state index in [1.54, 1.807) is 0 Å². The Balaban J connectivity index is 1.96. The average molecular weight is 263 g/mol. The van der Waals surface area contributed by atoms with E-state index in [1.165, 1.54) is 21.7 Å². The molecule has 2 rings (SSSR count). The fourth-order valence-electron chi connectivity index (χ4n) is 2.21. The van der Waals surface area contributed by atoms with Crippen LogP contribution < -0.4 is 5.32 Å². The summed E-state index contributed by atoms with van der Waals surface area (Å²) in [4.78, 5) is 1.46. The first kappa shape index (κ1) is 13.3. The number of rotatable bonds is 5. The summed E-state index contributed by atoms with van der Waals surface area (Å²) in [5, 5.41) is 10.1. The number of aromatic nitrogens is 2. The number of thiophene rings is 1. The molecule has 0 radical (unpaired) electrons. The van der Waals surface area contributed by atoms with Crippen molar-refractivity contribution in [3.63, 3.8) is 0 Å². The molecule has 98 valence electrons. The first-order valence-corrected chi connectivity index (χ1v) is 7.26. The summed E-state index contributed by atoms with van der Waals surface area (Å²) in [6.45, 7) is 8.26. The van der Waals surface area contributed by atoms with Gasteiger partial charge in [0.25, 0.3) is 0 Å². The van der Waals surface area contributed by atoms with Gasteiger partial charge in [-0.1, -0.05) is 6.92 Å². The van der Waals surface area contributed by atoms with Gasteiger partial charge < -0.3 is 5.32 Å². The molecule has 2 aromatic rings. The lowest BCUT2D eigenvalue weighted by Crippen LogP contribution is -2.14. The van der Waals surface area contributed by atoms with Crippen LogP contribution in [-0.2, 0) is 26.6 Å². The van der Waals surface area contributed by atoms with Gasteiger partial charge in [-0.25, -0.2) is 0 Å². The minimum atomic E-state index is 0.895. The number of nitrogens with one attached hydrogen (secondary N) is 1. The van der Waals surface area contributed by atoms with Gasteiger partial charge in [-0.15, -0.1) is 11.3 Å². The average Bonchev–Trinajstić information content (AvgIpc) is 2.89. The molecule has 18 heavy (non-hydrogen) atoms. The molecule has 0 unspecified atom stereocenters. The maximum atomic E-state index is 4.44. The Bertz CT molecular complexity index is 525. The van der Waals surface area contributed by atoms with Crippen LogP contribution in [0.3, 0.4) is 0 Å². The van der Waals surface area contributed by atoms with Crippen LogP contribution in [0.4, 0.5) is 0 Å². The molecule has 3 nitrogen and oxygen atoms in total. The highest BCUT2D eigenvalue weighted by Gasteiger charge is 2.09. The maximum absolute atomic E-state index is 4.44. The summed E-state index contributed by atoms with van der Waals surface area (Å²) < 4.78 is 1.95. The molecule has 0 aliphatic carbocycles. The zero-order chi connectivity index (χ0) is 13.1. The first-order chi connectivity index (χ1) is 8.63. The standard InChI is InChI=1S/C14H21N3S/c1-5-12-6-7-18-14(12)9-15-8-13-10(2)16-17(4)11(13)3/h6-7,15H,5,8-9H2,1-4H3. The lowest BCUT2D eigenvalue weighted by molar-refractivity contribution is 0.687. The van der Waals surface area contributed by atoms with Crippen molar-refractivity contribution >= 4 is 11.3 Å². The third kappa shape index (κ3) is 2.65. The lowest BCUT2D eigenvalue weighted by atomic mass is 10.2. The van der Waals surface area contributed by atoms with Gasteiger partial charge in [0.1, 0.15) is 0 Å². The number of aryl methyl sites for hydroxylation is 3. The molecular weight excluding hydrogens is 242 g/mol. The molecule has 0 fully saturated rings. The highest BCUT2D eigenvalue weighted by atomic mass is 32.1. The van der Waals surface area contributed by atoms with Crippen molar-refractivity contribution < 1.29 is 0 Å². The van der Waals surface area contributed by atoms with E-state index in [-0.39, 0.29) is 0 Å². The Morgan fingerprint density at radius 3 is 2.72 bits per heavy atom. The first-order valence-electron chi connectivity index (χ1n) is 6.38. The number of hydrogen-bond acceptors (Lipinski definition) is 3. The smallest absolute Gasteiger partial charge is 0.0641 e. The van der Waals surface area contributed by atoms with Crippen molar-refractivity contribution in [2.75, 3.05) is 0 Å². The van der Waals surface area contributed by atoms with Crippen molar-refractivity contribution in [2.45, 2.75) is 40.3 Å². The molecule has 0 spiro atoms. The van der Waals surface area contributed by atoms with Crippen molar-refractivity contribution in [2.24, 2.45) is 7.05 Å². The summed E-state index contributed by atoms with van der Waals surface area (Å²) in [5.41, 5.74) is 5.17. The van der Waals surface area contributed by atoms with Gasteiger partial charge in [0.15, 0.2) is 0 Å². The summed E-state index contributed by atoms with van der Waals surface area (Å²) >= 11 is 1.84. The third-order valence-corrected chi connectivity index (χ3v) is 4.43. The largest absolute Gasteiger partial charge is 0.308 e. The van der Waals surface area contributed by atoms with Gasteiger partial charge >= 0.3 is 0 Å². The predicted molar refractivity (Wildman–Crippen MR) is 76.9 cm³/mol. The highest BCUT2D eigenvalue weighted by Crippen LogP contribution is 2.17. The van der Waals surface area contributed by atoms with E-state index < -0.39 is 0 Å². The molecule has 4 heteroatoms. The van der Waals surface area contributed by atoms with Crippen molar-refractivity contribution in [1.29, 1.82) is 0 Å². The molecule has 2 heterocycles. The van der Waals surface area contributed by atoms with Crippen molar-refractivity contribution in [3.8, 4) is 0 Å². The zero-order valence-corrected chi connectivity index (χ0v) is 12.4. The van der Waals surface area contributed by atoms with Crippen LogP contribution in [0.5, 0.6) is 0 Å². The molecule has 2 aromatic heterocycles. The quantitative estimate of drug-likeness (QED) is 0.899. The molecular formula is C14H21N3S. The topological polar surface area (TPSA) is 29.9 Å². The fraction of sp³-hybridized carbons (Fsp3) is 0.500. The Kier molecular flexibility index (Phi) is 4.19. The molecule has 0 bridgehead atoms. The number of hydrogen-bond donors (Lipinski definition) is 1. The van der Waals surface area contributed by atoms with E-state index in [9.17, 15) is 0 Å². The molecule has 1 N–H and O–H groups in total. The number of nitrogens with zero attached hydrogens (tertiary/aromatic N) is 2. The third-order valence-electron chi connectivity index (χ3n) is 3.46. The molecule has 0 atom stereocenters. The Morgan fingerprint density at radius 2 is 2.11 bits per heavy atom. The van der Waals surface area contributed by atoms with Crippen molar-refractivity contribution in [3.05, 3.63) is 38.8 Å². The van der Waals surface area contributed by atoms with Crippen LogP contribution in [0, 0.1) is 13.8 Å². The van der Waals surface area contributed by atoms with E-state index in [2.05, 4.69) is 42.6 Å². The lowest BCUT2D eigenvalue weighted by Gasteiger charge is -2.06. The summed E-state index contributed by atoms with van der Waals surface area (Å²) in [7, 11) is 2.00.